The summed E-state index contributed by atoms with van der Waals surface area (Å²) in [5.41, 5.74) is 1.33. The number of allylic oxidation sites excluding steroid dienone is 5. The van der Waals surface area contributed by atoms with Crippen molar-refractivity contribution in [2.45, 2.75) is 70.1 Å². The molecule has 4 heteroatoms. The lowest BCUT2D eigenvalue weighted by molar-refractivity contribution is 0.307. The first-order valence-electron chi connectivity index (χ1n) is 11.8. The summed E-state index contributed by atoms with van der Waals surface area (Å²) < 4.78 is 48.8. The fraction of sp³-hybridized carbons (Fsp3) is 0.500. The van der Waals surface area contributed by atoms with Gasteiger partial charge in [0.1, 0.15) is 11.6 Å². The van der Waals surface area contributed by atoms with E-state index >= 15 is 0 Å². The maximum atomic E-state index is 15.0. The summed E-state index contributed by atoms with van der Waals surface area (Å²) in [6.07, 6.45) is 12.2. The predicted octanol–water partition coefficient (Wildman–Crippen LogP) is 8.66. The molecule has 0 unspecified atom stereocenters. The van der Waals surface area contributed by atoms with Crippen LogP contribution >= 0.6 is 0 Å². The molecule has 0 radical (unpaired) electrons. The zero-order valence-corrected chi connectivity index (χ0v) is 19.3. The van der Waals surface area contributed by atoms with Crippen molar-refractivity contribution in [1.82, 2.24) is 0 Å². The lowest BCUT2D eigenvalue weighted by Gasteiger charge is -2.29. The first kappa shape index (κ1) is 24.4. The molecule has 0 aliphatic heterocycles. The van der Waals surface area contributed by atoms with Crippen LogP contribution in [0.5, 0.6) is 0 Å². The molecule has 0 heterocycles. The number of halogens is 3. The van der Waals surface area contributed by atoms with Gasteiger partial charge in [-0.05, 0) is 73.3 Å². The largest absolute Gasteiger partial charge is 0.497 e. The molecule has 2 aliphatic rings. The van der Waals surface area contributed by atoms with Crippen molar-refractivity contribution < 1.29 is 17.9 Å². The SMILES string of the molecule is C=C(/C=C(/F)C(=C)/C=C/C1CCC(c2ccc(C3CCC(C)CC3)c(F)c2F)CC1)OC. The predicted molar refractivity (Wildman–Crippen MR) is 125 cm³/mol. The number of rotatable bonds is 7. The fourth-order valence-corrected chi connectivity index (χ4v) is 5.03. The van der Waals surface area contributed by atoms with Gasteiger partial charge in [0.25, 0.3) is 0 Å². The third kappa shape index (κ3) is 5.96. The molecule has 0 atom stereocenters. The summed E-state index contributed by atoms with van der Waals surface area (Å²) in [5.74, 6) is -0.421. The smallest absolute Gasteiger partial charge is 0.162 e. The number of hydrogen-bond acceptors (Lipinski definition) is 1. The Balaban J connectivity index is 1.59. The molecular formula is C28H35F3O. The summed E-state index contributed by atoms with van der Waals surface area (Å²) in [6, 6.07) is 3.64. The van der Waals surface area contributed by atoms with E-state index in [2.05, 4.69) is 20.1 Å². The van der Waals surface area contributed by atoms with Gasteiger partial charge in [-0.1, -0.05) is 57.2 Å². The van der Waals surface area contributed by atoms with Gasteiger partial charge < -0.3 is 4.74 Å². The zero-order valence-electron chi connectivity index (χ0n) is 19.3. The van der Waals surface area contributed by atoms with Crippen molar-refractivity contribution in [3.8, 4) is 0 Å². The minimum absolute atomic E-state index is 0.0273. The monoisotopic (exact) mass is 444 g/mol. The van der Waals surface area contributed by atoms with E-state index in [1.807, 2.05) is 18.2 Å². The molecule has 0 bridgehead atoms. The van der Waals surface area contributed by atoms with Crippen LogP contribution in [-0.4, -0.2) is 7.11 Å². The highest BCUT2D eigenvalue weighted by Crippen LogP contribution is 2.41. The molecule has 0 spiro atoms. The van der Waals surface area contributed by atoms with Crippen LogP contribution in [0.25, 0.3) is 0 Å². The van der Waals surface area contributed by atoms with E-state index in [-0.39, 0.29) is 29.1 Å². The molecule has 2 aliphatic carbocycles. The van der Waals surface area contributed by atoms with E-state index in [0.29, 0.717) is 17.0 Å². The van der Waals surface area contributed by atoms with Gasteiger partial charge >= 0.3 is 0 Å². The summed E-state index contributed by atoms with van der Waals surface area (Å²) in [5, 5.41) is 0. The minimum atomic E-state index is -0.654. The van der Waals surface area contributed by atoms with Gasteiger partial charge in [-0.3, -0.25) is 0 Å². The van der Waals surface area contributed by atoms with E-state index in [1.54, 1.807) is 6.08 Å². The molecule has 3 rings (SSSR count). The first-order valence-corrected chi connectivity index (χ1v) is 11.8. The second kappa shape index (κ2) is 11.1. The molecule has 0 aromatic heterocycles. The van der Waals surface area contributed by atoms with Crippen LogP contribution in [0.15, 0.2) is 60.7 Å². The Morgan fingerprint density at radius 3 is 1.91 bits per heavy atom. The number of methoxy groups -OCH3 is 1. The van der Waals surface area contributed by atoms with Crippen LogP contribution in [0, 0.1) is 23.5 Å². The second-order valence-electron chi connectivity index (χ2n) is 9.49. The van der Waals surface area contributed by atoms with Crippen LogP contribution < -0.4 is 0 Å². The van der Waals surface area contributed by atoms with Crippen LogP contribution in [0.2, 0.25) is 0 Å². The number of ether oxygens (including phenoxy) is 1. The molecule has 2 saturated carbocycles. The molecular weight excluding hydrogens is 409 g/mol. The third-order valence-corrected chi connectivity index (χ3v) is 7.24. The van der Waals surface area contributed by atoms with Crippen molar-refractivity contribution in [3.63, 3.8) is 0 Å². The highest BCUT2D eigenvalue weighted by molar-refractivity contribution is 5.36. The molecule has 1 aromatic rings. The third-order valence-electron chi connectivity index (χ3n) is 7.24. The van der Waals surface area contributed by atoms with E-state index in [0.717, 1.165) is 51.4 Å². The van der Waals surface area contributed by atoms with Crippen molar-refractivity contribution in [2.75, 3.05) is 7.11 Å². The van der Waals surface area contributed by atoms with Crippen molar-refractivity contribution in [1.29, 1.82) is 0 Å². The van der Waals surface area contributed by atoms with Gasteiger partial charge in [0, 0.05) is 11.6 Å². The van der Waals surface area contributed by atoms with Gasteiger partial charge in [-0.25, -0.2) is 13.2 Å². The lowest BCUT2D eigenvalue weighted by atomic mass is 9.76. The fourth-order valence-electron chi connectivity index (χ4n) is 5.03. The van der Waals surface area contributed by atoms with Crippen LogP contribution in [0.3, 0.4) is 0 Å². The van der Waals surface area contributed by atoms with Crippen LogP contribution in [-0.2, 0) is 4.74 Å². The number of hydrogen-bond donors (Lipinski definition) is 0. The summed E-state index contributed by atoms with van der Waals surface area (Å²) in [4.78, 5) is 0. The Bertz CT molecular complexity index is 882. The normalized spacial score (nSPS) is 26.8. The molecule has 32 heavy (non-hydrogen) atoms. The maximum absolute atomic E-state index is 15.0. The average molecular weight is 445 g/mol. The summed E-state index contributed by atoms with van der Waals surface area (Å²) >= 11 is 0. The Kier molecular flexibility index (Phi) is 8.44. The Morgan fingerprint density at radius 2 is 1.41 bits per heavy atom. The van der Waals surface area contributed by atoms with Crippen molar-refractivity contribution in [2.24, 2.45) is 11.8 Å². The maximum Gasteiger partial charge on any atom is 0.162 e. The van der Waals surface area contributed by atoms with Crippen LogP contribution in [0.1, 0.15) is 81.3 Å². The Hall–Kier alpha value is -2.23. The van der Waals surface area contributed by atoms with E-state index < -0.39 is 17.5 Å². The molecule has 2 fully saturated rings. The Labute approximate surface area is 190 Å². The lowest BCUT2D eigenvalue weighted by Crippen LogP contribution is -2.16. The summed E-state index contributed by atoms with van der Waals surface area (Å²) in [6.45, 7) is 9.54. The molecule has 0 N–H and O–H groups in total. The van der Waals surface area contributed by atoms with Crippen molar-refractivity contribution in [3.05, 3.63) is 83.4 Å². The standard InChI is InChI=1S/C28H35F3O/c1-18-5-11-22(12-6-18)24-15-16-25(28(31)27(24)30)23-13-9-21(10-14-23)8-7-19(2)26(29)17-20(3)32-4/h7-8,15-18,21-23H,2-3,5-6,9-14H2,1,4H3/b8-7+,26-17+. The highest BCUT2D eigenvalue weighted by Gasteiger charge is 2.28. The number of benzene rings is 1. The summed E-state index contributed by atoms with van der Waals surface area (Å²) in [7, 11) is 1.43. The van der Waals surface area contributed by atoms with E-state index in [4.69, 9.17) is 4.74 Å². The quantitative estimate of drug-likeness (QED) is 0.302. The molecule has 0 saturated heterocycles. The molecule has 0 amide bonds. The van der Waals surface area contributed by atoms with Crippen LogP contribution in [0.4, 0.5) is 13.2 Å². The second-order valence-corrected chi connectivity index (χ2v) is 9.49. The Morgan fingerprint density at radius 1 is 0.906 bits per heavy atom. The molecule has 1 aromatic carbocycles. The highest BCUT2D eigenvalue weighted by atomic mass is 19.2. The van der Waals surface area contributed by atoms with Gasteiger partial charge in [-0.2, -0.15) is 0 Å². The van der Waals surface area contributed by atoms with E-state index in [1.165, 1.54) is 13.2 Å². The minimum Gasteiger partial charge on any atom is -0.497 e. The topological polar surface area (TPSA) is 9.23 Å². The zero-order chi connectivity index (χ0) is 23.3. The molecule has 1 nitrogen and oxygen atoms in total. The van der Waals surface area contributed by atoms with Gasteiger partial charge in [0.05, 0.1) is 7.11 Å². The van der Waals surface area contributed by atoms with E-state index in [9.17, 15) is 13.2 Å². The van der Waals surface area contributed by atoms with Crippen molar-refractivity contribution >= 4 is 0 Å². The van der Waals surface area contributed by atoms with Gasteiger partial charge in [0.15, 0.2) is 11.6 Å². The average Bonchev–Trinajstić information content (AvgIpc) is 2.80. The first-order chi connectivity index (χ1) is 15.3. The molecule has 174 valence electrons. The van der Waals surface area contributed by atoms with Gasteiger partial charge in [0.2, 0.25) is 0 Å². The van der Waals surface area contributed by atoms with Gasteiger partial charge in [-0.15, -0.1) is 0 Å².